The number of carbonyl (C=O) groups excluding carboxylic acids is 2. The summed E-state index contributed by atoms with van der Waals surface area (Å²) in [4.78, 5) is 25.6. The first-order valence-corrected chi connectivity index (χ1v) is 8.94. The predicted molar refractivity (Wildman–Crippen MR) is 100 cm³/mol. The van der Waals surface area contributed by atoms with E-state index in [0.717, 1.165) is 21.4 Å². The molecule has 1 spiro atoms. The van der Waals surface area contributed by atoms with Crippen LogP contribution in [0.4, 0.5) is 11.5 Å². The molecule has 6 nitrogen and oxygen atoms in total. The number of anilines is 2. The largest absolute Gasteiger partial charge is 0.325 e. The molecule has 3 heterocycles. The van der Waals surface area contributed by atoms with Crippen LogP contribution in [0.2, 0.25) is 0 Å². The van der Waals surface area contributed by atoms with Gasteiger partial charge in [-0.05, 0) is 35.9 Å². The van der Waals surface area contributed by atoms with Crippen molar-refractivity contribution in [3.05, 3.63) is 70.3 Å². The monoisotopic (exact) mass is 408 g/mol. The Labute approximate surface area is 157 Å². The Balaban J connectivity index is 1.78. The first-order valence-electron chi connectivity index (χ1n) is 8.15. The maximum atomic E-state index is 13.0. The second-order valence-electron chi connectivity index (χ2n) is 6.43. The van der Waals surface area contributed by atoms with Crippen LogP contribution >= 0.6 is 15.9 Å². The third-order valence-electron chi connectivity index (χ3n) is 4.99. The summed E-state index contributed by atoms with van der Waals surface area (Å²) in [5.74, 6) is 0.128. The number of hydrogen-bond acceptors (Lipinski definition) is 3. The number of hydrogen-bond donors (Lipinski definition) is 2. The molecule has 0 bridgehead atoms. The minimum atomic E-state index is -1.07. The Bertz CT molecular complexity index is 1080. The lowest BCUT2D eigenvalue weighted by Gasteiger charge is -2.31. The van der Waals surface area contributed by atoms with E-state index in [9.17, 15) is 9.59 Å². The number of carbonyl (C=O) groups is 2. The topological polar surface area (TPSA) is 76.0 Å². The standard InChI is InChI=1S/C19H13BrN4O2/c20-11-6-7-15-13(8-11)19(18(26)22-15)9-16(25)23-17-14(19)10-21-24(17)12-4-2-1-3-5-12/h1-8,10H,9H2,(H,22,26)(H,23,25). The maximum Gasteiger partial charge on any atom is 0.240 e. The molecule has 1 aromatic heterocycles. The van der Waals surface area contributed by atoms with Gasteiger partial charge in [-0.15, -0.1) is 0 Å². The third-order valence-corrected chi connectivity index (χ3v) is 5.48. The lowest BCUT2D eigenvalue weighted by atomic mass is 9.72. The highest BCUT2D eigenvalue weighted by molar-refractivity contribution is 9.10. The molecule has 0 fully saturated rings. The van der Waals surface area contributed by atoms with Crippen molar-refractivity contribution in [3.63, 3.8) is 0 Å². The minimum Gasteiger partial charge on any atom is -0.325 e. The summed E-state index contributed by atoms with van der Waals surface area (Å²) in [6.45, 7) is 0. The Morgan fingerprint density at radius 3 is 2.65 bits per heavy atom. The molecule has 3 aromatic rings. The van der Waals surface area contributed by atoms with E-state index in [2.05, 4.69) is 31.7 Å². The third kappa shape index (κ3) is 1.94. The fraction of sp³-hybridized carbons (Fsp3) is 0.105. The van der Waals surface area contributed by atoms with Crippen molar-refractivity contribution in [2.24, 2.45) is 0 Å². The molecular weight excluding hydrogens is 396 g/mol. The van der Waals surface area contributed by atoms with Crippen LogP contribution in [0, 0.1) is 0 Å². The zero-order valence-electron chi connectivity index (χ0n) is 13.5. The van der Waals surface area contributed by atoms with Gasteiger partial charge in [-0.2, -0.15) is 5.10 Å². The Morgan fingerprint density at radius 1 is 1.04 bits per heavy atom. The molecular formula is C19H13BrN4O2. The number of nitrogens with one attached hydrogen (secondary N) is 2. The van der Waals surface area contributed by atoms with Crippen molar-refractivity contribution in [2.45, 2.75) is 11.8 Å². The number of benzene rings is 2. The van der Waals surface area contributed by atoms with Gasteiger partial charge >= 0.3 is 0 Å². The molecule has 2 aliphatic rings. The molecule has 5 rings (SSSR count). The zero-order chi connectivity index (χ0) is 17.9. The van der Waals surface area contributed by atoms with Crippen LogP contribution in [-0.2, 0) is 15.0 Å². The smallest absolute Gasteiger partial charge is 0.240 e. The summed E-state index contributed by atoms with van der Waals surface area (Å²) in [7, 11) is 0. The van der Waals surface area contributed by atoms with Gasteiger partial charge in [0.25, 0.3) is 0 Å². The van der Waals surface area contributed by atoms with E-state index in [0.29, 0.717) is 11.4 Å². The van der Waals surface area contributed by atoms with E-state index < -0.39 is 5.41 Å². The number of aromatic nitrogens is 2. The summed E-state index contributed by atoms with van der Waals surface area (Å²) >= 11 is 3.47. The van der Waals surface area contributed by atoms with E-state index in [1.54, 1.807) is 10.9 Å². The molecule has 2 aromatic carbocycles. The maximum absolute atomic E-state index is 13.0. The van der Waals surface area contributed by atoms with E-state index >= 15 is 0 Å². The molecule has 2 aliphatic heterocycles. The van der Waals surface area contributed by atoms with E-state index in [1.807, 2.05) is 48.5 Å². The number of amides is 2. The molecule has 0 radical (unpaired) electrons. The van der Waals surface area contributed by atoms with Crippen molar-refractivity contribution in [1.29, 1.82) is 0 Å². The average molecular weight is 409 g/mol. The summed E-state index contributed by atoms with van der Waals surface area (Å²) in [6.07, 6.45) is 1.73. The molecule has 0 aliphatic carbocycles. The van der Waals surface area contributed by atoms with Gasteiger partial charge in [0.05, 0.1) is 11.9 Å². The normalized spacial score (nSPS) is 20.5. The van der Waals surface area contributed by atoms with Crippen LogP contribution in [0.1, 0.15) is 17.5 Å². The van der Waals surface area contributed by atoms with Crippen LogP contribution in [0.3, 0.4) is 0 Å². The molecule has 1 unspecified atom stereocenters. The van der Waals surface area contributed by atoms with Gasteiger partial charge in [-0.3, -0.25) is 9.59 Å². The van der Waals surface area contributed by atoms with Gasteiger partial charge in [0.2, 0.25) is 11.8 Å². The highest BCUT2D eigenvalue weighted by atomic mass is 79.9. The SMILES string of the molecule is O=C1CC2(C(=O)Nc3ccc(Br)cc32)c2cnn(-c3ccccc3)c2N1. The van der Waals surface area contributed by atoms with Crippen molar-refractivity contribution >= 4 is 39.2 Å². The van der Waals surface area contributed by atoms with Crippen molar-refractivity contribution in [2.75, 3.05) is 10.6 Å². The average Bonchev–Trinajstić information content (AvgIpc) is 3.17. The van der Waals surface area contributed by atoms with Crippen molar-refractivity contribution in [3.8, 4) is 5.69 Å². The van der Waals surface area contributed by atoms with E-state index in [1.165, 1.54) is 0 Å². The van der Waals surface area contributed by atoms with Crippen molar-refractivity contribution < 1.29 is 9.59 Å². The zero-order valence-corrected chi connectivity index (χ0v) is 15.1. The van der Waals surface area contributed by atoms with E-state index in [4.69, 9.17) is 0 Å². The van der Waals surface area contributed by atoms with Gasteiger partial charge in [0.15, 0.2) is 0 Å². The van der Waals surface area contributed by atoms with Crippen LogP contribution in [0.25, 0.3) is 5.69 Å². The second kappa shape index (κ2) is 5.28. The molecule has 0 saturated heterocycles. The van der Waals surface area contributed by atoms with Gasteiger partial charge in [-0.1, -0.05) is 34.1 Å². The fourth-order valence-electron chi connectivity index (χ4n) is 3.83. The van der Waals surface area contributed by atoms with Gasteiger partial charge in [0, 0.05) is 22.1 Å². The Kier molecular flexibility index (Phi) is 3.12. The highest BCUT2D eigenvalue weighted by Gasteiger charge is 2.54. The number of halogens is 1. The summed E-state index contributed by atoms with van der Waals surface area (Å²) < 4.78 is 2.52. The second-order valence-corrected chi connectivity index (χ2v) is 7.34. The van der Waals surface area contributed by atoms with Gasteiger partial charge in [-0.25, -0.2) is 4.68 Å². The first kappa shape index (κ1) is 15.3. The Hall–Kier alpha value is -2.93. The Morgan fingerprint density at radius 2 is 1.85 bits per heavy atom. The van der Waals surface area contributed by atoms with Gasteiger partial charge in [0.1, 0.15) is 11.2 Å². The highest BCUT2D eigenvalue weighted by Crippen LogP contribution is 2.50. The molecule has 0 saturated carbocycles. The fourth-order valence-corrected chi connectivity index (χ4v) is 4.19. The quantitative estimate of drug-likeness (QED) is 0.648. The van der Waals surface area contributed by atoms with E-state index in [-0.39, 0.29) is 18.2 Å². The summed E-state index contributed by atoms with van der Waals surface area (Å²) in [5.41, 5.74) is 1.98. The molecule has 2 N–H and O–H groups in total. The molecule has 128 valence electrons. The molecule has 7 heteroatoms. The minimum absolute atomic E-state index is 0.0514. The van der Waals surface area contributed by atoms with Crippen molar-refractivity contribution in [1.82, 2.24) is 9.78 Å². The van der Waals surface area contributed by atoms with Crippen LogP contribution in [0.15, 0.2) is 59.2 Å². The number of fused-ring (bicyclic) bond motifs is 4. The first-order chi connectivity index (χ1) is 12.6. The predicted octanol–water partition coefficient (Wildman–Crippen LogP) is 3.22. The summed E-state index contributed by atoms with van der Waals surface area (Å²) in [6, 6.07) is 15.1. The lowest BCUT2D eigenvalue weighted by molar-refractivity contribution is -0.125. The van der Waals surface area contributed by atoms with Gasteiger partial charge < -0.3 is 10.6 Å². The molecule has 26 heavy (non-hydrogen) atoms. The van der Waals surface area contributed by atoms with Crippen LogP contribution in [0.5, 0.6) is 0 Å². The van der Waals surface area contributed by atoms with Crippen LogP contribution in [-0.4, -0.2) is 21.6 Å². The summed E-state index contributed by atoms with van der Waals surface area (Å²) in [5, 5.41) is 10.3. The number of para-hydroxylation sites is 1. The van der Waals surface area contributed by atoms with Crippen LogP contribution < -0.4 is 10.6 Å². The molecule has 1 atom stereocenters. The number of nitrogens with zero attached hydrogens (tertiary/aromatic N) is 2. The number of rotatable bonds is 1. The molecule has 2 amide bonds. The lowest BCUT2D eigenvalue weighted by Crippen LogP contribution is -2.43.